The molecule has 4 rings (SSSR count). The Morgan fingerprint density at radius 2 is 2.07 bits per heavy atom. The van der Waals surface area contributed by atoms with Crippen molar-refractivity contribution in [3.63, 3.8) is 0 Å². The van der Waals surface area contributed by atoms with Gasteiger partial charge < -0.3 is 10.2 Å². The Balaban J connectivity index is 1.24. The number of carbonyl (C=O) groups is 1. The molecule has 1 aromatic rings. The van der Waals surface area contributed by atoms with Crippen molar-refractivity contribution in [2.24, 2.45) is 10.9 Å². The van der Waals surface area contributed by atoms with Gasteiger partial charge in [0.15, 0.2) is 6.29 Å². The van der Waals surface area contributed by atoms with Crippen LogP contribution in [0, 0.1) is 5.92 Å². The predicted octanol–water partition coefficient (Wildman–Crippen LogP) is 2.57. The molecule has 2 N–H and O–H groups in total. The highest BCUT2D eigenvalue weighted by Gasteiger charge is 2.47. The Hall–Kier alpha value is -2.21. The SMILES string of the molecule is CC1=CNC(NCC2(F)CCN(C(=O)C3C[C@@H]3c3ccccc3)CC2)N=C1. The molecular formula is C21H27FN4O. The van der Waals surface area contributed by atoms with Gasteiger partial charge in [-0.1, -0.05) is 30.3 Å². The van der Waals surface area contributed by atoms with Crippen LogP contribution in [0.3, 0.4) is 0 Å². The fraction of sp³-hybridized carbons (Fsp3) is 0.524. The number of allylic oxidation sites excluding steroid dienone is 1. The van der Waals surface area contributed by atoms with Crippen LogP contribution >= 0.6 is 0 Å². The van der Waals surface area contributed by atoms with Crippen LogP contribution in [0.15, 0.2) is 47.1 Å². The molecule has 5 nitrogen and oxygen atoms in total. The molecular weight excluding hydrogens is 343 g/mol. The first kappa shape index (κ1) is 18.2. The fourth-order valence-electron chi connectivity index (χ4n) is 3.95. The molecule has 0 radical (unpaired) electrons. The van der Waals surface area contributed by atoms with Crippen LogP contribution in [0.5, 0.6) is 0 Å². The van der Waals surface area contributed by atoms with E-state index in [-0.39, 0.29) is 24.7 Å². The van der Waals surface area contributed by atoms with Gasteiger partial charge in [0.25, 0.3) is 0 Å². The molecule has 0 aromatic heterocycles. The molecule has 3 aliphatic rings. The summed E-state index contributed by atoms with van der Waals surface area (Å²) in [4.78, 5) is 18.9. The van der Waals surface area contributed by atoms with E-state index in [1.807, 2.05) is 36.2 Å². The van der Waals surface area contributed by atoms with Crippen LogP contribution in [0.2, 0.25) is 0 Å². The lowest BCUT2D eigenvalue weighted by molar-refractivity contribution is -0.135. The number of carbonyl (C=O) groups excluding carboxylic acids is 1. The van der Waals surface area contributed by atoms with Crippen molar-refractivity contribution >= 4 is 12.1 Å². The Morgan fingerprint density at radius 1 is 1.33 bits per heavy atom. The van der Waals surface area contributed by atoms with E-state index in [2.05, 4.69) is 27.8 Å². The van der Waals surface area contributed by atoms with Crippen molar-refractivity contribution in [2.45, 2.75) is 44.1 Å². The number of alkyl halides is 1. The summed E-state index contributed by atoms with van der Waals surface area (Å²) in [7, 11) is 0. The second-order valence-electron chi connectivity index (χ2n) is 7.95. The molecule has 2 heterocycles. The number of rotatable bonds is 5. The number of halogens is 1. The first-order valence-corrected chi connectivity index (χ1v) is 9.76. The Bertz CT molecular complexity index is 740. The molecule has 1 amide bonds. The summed E-state index contributed by atoms with van der Waals surface area (Å²) in [6, 6.07) is 10.2. The smallest absolute Gasteiger partial charge is 0.226 e. The number of likely N-dealkylation sites (tertiary alicyclic amines) is 1. The Morgan fingerprint density at radius 3 is 2.74 bits per heavy atom. The first-order chi connectivity index (χ1) is 13.0. The lowest BCUT2D eigenvalue weighted by Crippen LogP contribution is -2.52. The molecule has 2 aliphatic heterocycles. The minimum absolute atomic E-state index is 0.0773. The van der Waals surface area contributed by atoms with Crippen molar-refractivity contribution in [1.82, 2.24) is 15.5 Å². The topological polar surface area (TPSA) is 56.7 Å². The minimum atomic E-state index is -1.29. The van der Waals surface area contributed by atoms with Crippen LogP contribution in [0.25, 0.3) is 0 Å². The summed E-state index contributed by atoms with van der Waals surface area (Å²) in [6.45, 7) is 3.19. The molecule has 1 aromatic carbocycles. The molecule has 144 valence electrons. The highest BCUT2D eigenvalue weighted by Crippen LogP contribution is 2.48. The number of benzene rings is 1. The fourth-order valence-corrected chi connectivity index (χ4v) is 3.95. The molecule has 3 atom stereocenters. The molecule has 1 saturated heterocycles. The van der Waals surface area contributed by atoms with Crippen LogP contribution in [-0.2, 0) is 4.79 Å². The van der Waals surface area contributed by atoms with E-state index in [0.29, 0.717) is 31.8 Å². The molecule has 27 heavy (non-hydrogen) atoms. The highest BCUT2D eigenvalue weighted by atomic mass is 19.1. The van der Waals surface area contributed by atoms with E-state index in [9.17, 15) is 4.79 Å². The number of hydrogen-bond acceptors (Lipinski definition) is 4. The molecule has 6 heteroatoms. The molecule has 2 fully saturated rings. The highest BCUT2D eigenvalue weighted by molar-refractivity contribution is 5.83. The second-order valence-corrected chi connectivity index (χ2v) is 7.95. The summed E-state index contributed by atoms with van der Waals surface area (Å²) in [5.41, 5.74) is 0.998. The Labute approximate surface area is 159 Å². The van der Waals surface area contributed by atoms with Gasteiger partial charge in [-0.3, -0.25) is 15.1 Å². The van der Waals surface area contributed by atoms with Gasteiger partial charge in [0.2, 0.25) is 5.91 Å². The van der Waals surface area contributed by atoms with Gasteiger partial charge in [-0.15, -0.1) is 0 Å². The molecule has 1 aliphatic carbocycles. The van der Waals surface area contributed by atoms with Crippen LogP contribution in [0.4, 0.5) is 4.39 Å². The normalized spacial score (nSPS) is 29.0. The van der Waals surface area contributed by atoms with E-state index in [0.717, 1.165) is 12.0 Å². The monoisotopic (exact) mass is 370 g/mol. The van der Waals surface area contributed by atoms with Gasteiger partial charge in [0.05, 0.1) is 0 Å². The number of hydrogen-bond donors (Lipinski definition) is 2. The maximum atomic E-state index is 15.1. The maximum absolute atomic E-state index is 15.1. The summed E-state index contributed by atoms with van der Waals surface area (Å²) >= 11 is 0. The van der Waals surface area contributed by atoms with Gasteiger partial charge in [-0.25, -0.2) is 4.39 Å². The number of amides is 1. The van der Waals surface area contributed by atoms with E-state index < -0.39 is 5.67 Å². The third-order valence-corrected chi connectivity index (χ3v) is 5.81. The standard InChI is InChI=1S/C21H27FN4O/c1-15-12-23-20(24-13-15)25-14-21(22)7-9-26(10-8-21)19(27)18-11-17(18)16-5-3-2-4-6-16/h2-6,12-13,17-18,20,23,25H,7-11,14H2,1H3/t17-,18?,20?/m1/s1. The largest absolute Gasteiger partial charge is 0.357 e. The molecule has 0 bridgehead atoms. The van der Waals surface area contributed by atoms with Crippen LogP contribution in [-0.4, -0.2) is 48.6 Å². The van der Waals surface area contributed by atoms with Gasteiger partial charge in [-0.2, -0.15) is 0 Å². The molecule has 1 saturated carbocycles. The lowest BCUT2D eigenvalue weighted by atomic mass is 9.93. The van der Waals surface area contributed by atoms with Crippen molar-refractivity contribution in [3.8, 4) is 0 Å². The van der Waals surface area contributed by atoms with E-state index in [1.54, 1.807) is 6.21 Å². The summed E-state index contributed by atoms with van der Waals surface area (Å²) in [5, 5.41) is 6.22. The Kier molecular flexibility index (Phi) is 5.00. The zero-order chi connectivity index (χ0) is 18.9. The first-order valence-electron chi connectivity index (χ1n) is 9.76. The number of piperidine rings is 1. The van der Waals surface area contributed by atoms with E-state index >= 15 is 4.39 Å². The van der Waals surface area contributed by atoms with Crippen molar-refractivity contribution in [2.75, 3.05) is 19.6 Å². The zero-order valence-corrected chi connectivity index (χ0v) is 15.7. The van der Waals surface area contributed by atoms with Crippen LogP contribution < -0.4 is 10.6 Å². The number of nitrogens with zero attached hydrogens (tertiary/aromatic N) is 2. The van der Waals surface area contributed by atoms with Crippen molar-refractivity contribution < 1.29 is 9.18 Å². The van der Waals surface area contributed by atoms with Crippen LogP contribution in [0.1, 0.15) is 37.7 Å². The molecule has 0 spiro atoms. The van der Waals surface area contributed by atoms with Crippen molar-refractivity contribution in [3.05, 3.63) is 47.7 Å². The number of aliphatic imine (C=N–C) groups is 1. The second kappa shape index (κ2) is 7.43. The molecule has 2 unspecified atom stereocenters. The summed E-state index contributed by atoms with van der Waals surface area (Å²) < 4.78 is 15.1. The predicted molar refractivity (Wildman–Crippen MR) is 104 cm³/mol. The van der Waals surface area contributed by atoms with Gasteiger partial charge in [0.1, 0.15) is 5.67 Å². The summed E-state index contributed by atoms with van der Waals surface area (Å²) in [6.07, 6.45) is 5.04. The van der Waals surface area contributed by atoms with Gasteiger partial charge >= 0.3 is 0 Å². The number of nitrogens with one attached hydrogen (secondary N) is 2. The summed E-state index contributed by atoms with van der Waals surface area (Å²) in [5.74, 6) is 0.607. The third-order valence-electron chi connectivity index (χ3n) is 5.81. The van der Waals surface area contributed by atoms with Gasteiger partial charge in [-0.05, 0) is 30.4 Å². The lowest BCUT2D eigenvalue weighted by Gasteiger charge is -2.37. The van der Waals surface area contributed by atoms with Crippen molar-refractivity contribution in [1.29, 1.82) is 0 Å². The quantitative estimate of drug-likeness (QED) is 0.838. The van der Waals surface area contributed by atoms with E-state index in [1.165, 1.54) is 5.56 Å². The minimum Gasteiger partial charge on any atom is -0.357 e. The average Bonchev–Trinajstić information content (AvgIpc) is 3.49. The van der Waals surface area contributed by atoms with E-state index in [4.69, 9.17) is 0 Å². The van der Waals surface area contributed by atoms with Gasteiger partial charge in [0, 0.05) is 50.8 Å². The maximum Gasteiger partial charge on any atom is 0.226 e. The zero-order valence-electron chi connectivity index (χ0n) is 15.7. The average molecular weight is 370 g/mol. The third kappa shape index (κ3) is 4.21.